The van der Waals surface area contributed by atoms with Crippen molar-refractivity contribution in [2.45, 2.75) is 6.54 Å². The van der Waals surface area contributed by atoms with E-state index in [0.29, 0.717) is 17.9 Å². The number of pyridine rings is 1. The fourth-order valence-electron chi connectivity index (χ4n) is 3.20. The van der Waals surface area contributed by atoms with Crippen LogP contribution in [0, 0.1) is 0 Å². The molecular weight excluding hydrogens is 330 g/mol. The van der Waals surface area contributed by atoms with Gasteiger partial charge in [0.25, 0.3) is 5.91 Å². The molecule has 0 fully saturated rings. The number of nitrogens with zero attached hydrogens (tertiary/aromatic N) is 2. The summed E-state index contributed by atoms with van der Waals surface area (Å²) in [5, 5.41) is 3.33. The molecule has 0 spiro atoms. The van der Waals surface area contributed by atoms with Gasteiger partial charge in [-0.2, -0.15) is 4.94 Å². The van der Waals surface area contributed by atoms with Crippen LogP contribution in [0.2, 0.25) is 0 Å². The third-order valence-corrected chi connectivity index (χ3v) is 4.51. The Morgan fingerprint density at radius 2 is 1.88 bits per heavy atom. The highest BCUT2D eigenvalue weighted by molar-refractivity contribution is 6.09. The summed E-state index contributed by atoms with van der Waals surface area (Å²) in [6.07, 6.45) is 1.71. The molecule has 1 aromatic heterocycles. The van der Waals surface area contributed by atoms with E-state index in [1.165, 1.54) is 0 Å². The van der Waals surface area contributed by atoms with Crippen molar-refractivity contribution < 1.29 is 9.73 Å². The maximum absolute atomic E-state index is 13.3. The van der Waals surface area contributed by atoms with E-state index in [2.05, 4.69) is 21.3 Å². The van der Waals surface area contributed by atoms with Crippen molar-refractivity contribution in [3.8, 4) is 0 Å². The van der Waals surface area contributed by atoms with E-state index in [0.717, 1.165) is 28.3 Å². The Bertz CT molecular complexity index is 1020. The first-order valence-corrected chi connectivity index (χ1v) is 8.23. The molecule has 2 aromatic carbocycles. The Morgan fingerprint density at radius 3 is 2.85 bits per heavy atom. The fourth-order valence-corrected chi connectivity index (χ4v) is 3.20. The molecule has 0 atom stereocenters. The van der Waals surface area contributed by atoms with Crippen molar-refractivity contribution in [2.24, 2.45) is 0 Å². The molecule has 0 saturated heterocycles. The molecule has 0 unspecified atom stereocenters. The summed E-state index contributed by atoms with van der Waals surface area (Å²) in [6, 6.07) is 17.0. The number of carbonyl (C=O) groups excluding carboxylic acids is 1. The van der Waals surface area contributed by atoms with Gasteiger partial charge in [-0.15, -0.1) is 0 Å². The summed E-state index contributed by atoms with van der Waals surface area (Å²) in [6.45, 7) is 0.458. The molecule has 0 radical (unpaired) electrons. The van der Waals surface area contributed by atoms with Gasteiger partial charge in [-0.3, -0.25) is 4.79 Å². The summed E-state index contributed by atoms with van der Waals surface area (Å²) in [7, 11) is 0. The Morgan fingerprint density at radius 1 is 1.00 bits per heavy atom. The second-order valence-electron chi connectivity index (χ2n) is 6.11. The van der Waals surface area contributed by atoms with Gasteiger partial charge in [0.15, 0.2) is 5.82 Å². The van der Waals surface area contributed by atoms with Crippen molar-refractivity contribution >= 4 is 34.5 Å². The largest absolute Gasteiger partial charge is 0.338 e. The standard InChI is InChI=1S/C19H15N5O2/c25-19(12-7-8-15-16(10-12)23-26-22-15)24-11-13-4-1-2-5-14(13)21-18-17(24)6-3-9-20-18/h1-10,22-23H,11H2,(H,20,21). The lowest BCUT2D eigenvalue weighted by atomic mass is 10.1. The lowest BCUT2D eigenvalue weighted by molar-refractivity contribution is 0.0985. The van der Waals surface area contributed by atoms with Crippen LogP contribution in [0.4, 0.5) is 28.6 Å². The van der Waals surface area contributed by atoms with E-state index >= 15 is 0 Å². The Hall–Kier alpha value is -3.58. The van der Waals surface area contributed by atoms with Crippen LogP contribution in [0.25, 0.3) is 0 Å². The number of hydrogen-bond donors (Lipinski definition) is 3. The van der Waals surface area contributed by atoms with Crippen LogP contribution in [0.5, 0.6) is 0 Å². The maximum Gasteiger partial charge on any atom is 0.258 e. The third-order valence-electron chi connectivity index (χ3n) is 4.51. The van der Waals surface area contributed by atoms with E-state index in [4.69, 9.17) is 4.94 Å². The number of hydrogen-bond acceptors (Lipinski definition) is 6. The lowest BCUT2D eigenvalue weighted by Gasteiger charge is -2.22. The highest BCUT2D eigenvalue weighted by Gasteiger charge is 2.26. The summed E-state index contributed by atoms with van der Waals surface area (Å²) in [5.74, 6) is 0.560. The number of aromatic nitrogens is 1. The molecule has 1 amide bonds. The number of rotatable bonds is 1. The fraction of sp³-hybridized carbons (Fsp3) is 0.0526. The quantitative estimate of drug-likeness (QED) is 0.625. The lowest BCUT2D eigenvalue weighted by Crippen LogP contribution is -2.30. The molecule has 0 aliphatic carbocycles. The van der Waals surface area contributed by atoms with Crippen molar-refractivity contribution in [3.05, 3.63) is 71.9 Å². The Labute approximate surface area is 149 Å². The van der Waals surface area contributed by atoms with Gasteiger partial charge < -0.3 is 10.2 Å². The molecule has 3 aromatic rings. The summed E-state index contributed by atoms with van der Waals surface area (Å²) < 4.78 is 0. The molecule has 3 N–H and O–H groups in total. The zero-order chi connectivity index (χ0) is 17.5. The zero-order valence-electron chi connectivity index (χ0n) is 13.7. The molecule has 7 heteroatoms. The second-order valence-corrected chi connectivity index (χ2v) is 6.11. The van der Waals surface area contributed by atoms with Crippen LogP contribution in [-0.4, -0.2) is 10.9 Å². The first-order chi connectivity index (χ1) is 12.8. The van der Waals surface area contributed by atoms with Gasteiger partial charge in [-0.05, 0) is 42.0 Å². The number of benzene rings is 2. The molecule has 3 heterocycles. The molecule has 26 heavy (non-hydrogen) atoms. The van der Waals surface area contributed by atoms with Crippen molar-refractivity contribution in [3.63, 3.8) is 0 Å². The maximum atomic E-state index is 13.3. The summed E-state index contributed by atoms with van der Waals surface area (Å²) >= 11 is 0. The SMILES string of the molecule is O=C(c1ccc2c(c1)NON2)N1Cc2ccccc2Nc2ncccc21. The number of carbonyl (C=O) groups is 1. The van der Waals surface area contributed by atoms with Crippen molar-refractivity contribution in [2.75, 3.05) is 21.2 Å². The Balaban J connectivity index is 1.60. The topological polar surface area (TPSA) is 78.5 Å². The first kappa shape index (κ1) is 14.7. The molecule has 128 valence electrons. The number of para-hydroxylation sites is 1. The average molecular weight is 345 g/mol. The van der Waals surface area contributed by atoms with Gasteiger partial charge in [-0.1, -0.05) is 18.2 Å². The number of amides is 1. The van der Waals surface area contributed by atoms with Gasteiger partial charge in [0, 0.05) is 17.4 Å². The highest BCUT2D eigenvalue weighted by Crippen LogP contribution is 2.35. The molecule has 2 aliphatic rings. The van der Waals surface area contributed by atoms with Crippen molar-refractivity contribution in [1.82, 2.24) is 4.98 Å². The Kier molecular flexibility index (Phi) is 3.26. The van der Waals surface area contributed by atoms with Crippen LogP contribution in [0.15, 0.2) is 60.8 Å². The third kappa shape index (κ3) is 2.34. The summed E-state index contributed by atoms with van der Waals surface area (Å²) in [5.41, 5.74) is 10.3. The van der Waals surface area contributed by atoms with Gasteiger partial charge >= 0.3 is 0 Å². The zero-order valence-corrected chi connectivity index (χ0v) is 13.7. The molecule has 7 nitrogen and oxygen atoms in total. The normalized spacial score (nSPS) is 14.1. The van der Waals surface area contributed by atoms with E-state index in [1.54, 1.807) is 23.2 Å². The number of anilines is 5. The van der Waals surface area contributed by atoms with Gasteiger partial charge in [0.1, 0.15) is 0 Å². The van der Waals surface area contributed by atoms with E-state index in [1.807, 2.05) is 42.5 Å². The van der Waals surface area contributed by atoms with E-state index in [-0.39, 0.29) is 5.91 Å². The van der Waals surface area contributed by atoms with E-state index < -0.39 is 0 Å². The molecular formula is C19H15N5O2. The molecule has 5 rings (SSSR count). The highest BCUT2D eigenvalue weighted by atomic mass is 16.8. The van der Waals surface area contributed by atoms with Crippen LogP contribution in [0.3, 0.4) is 0 Å². The van der Waals surface area contributed by atoms with Crippen LogP contribution in [-0.2, 0) is 11.5 Å². The van der Waals surface area contributed by atoms with Crippen LogP contribution >= 0.6 is 0 Å². The second kappa shape index (κ2) is 5.75. The van der Waals surface area contributed by atoms with Gasteiger partial charge in [0.05, 0.1) is 23.6 Å². The molecule has 0 bridgehead atoms. The molecule has 2 aliphatic heterocycles. The van der Waals surface area contributed by atoms with Crippen LogP contribution in [0.1, 0.15) is 15.9 Å². The minimum Gasteiger partial charge on any atom is -0.338 e. The van der Waals surface area contributed by atoms with Gasteiger partial charge in [0.2, 0.25) is 0 Å². The van der Waals surface area contributed by atoms with Crippen molar-refractivity contribution in [1.29, 1.82) is 0 Å². The predicted molar refractivity (Wildman–Crippen MR) is 99.2 cm³/mol. The van der Waals surface area contributed by atoms with Gasteiger partial charge in [-0.25, -0.2) is 15.9 Å². The predicted octanol–water partition coefficient (Wildman–Crippen LogP) is 3.67. The number of nitrogens with one attached hydrogen (secondary N) is 3. The molecule has 0 saturated carbocycles. The monoisotopic (exact) mass is 345 g/mol. The minimum absolute atomic E-state index is 0.103. The van der Waals surface area contributed by atoms with E-state index in [9.17, 15) is 4.79 Å². The first-order valence-electron chi connectivity index (χ1n) is 8.23. The summed E-state index contributed by atoms with van der Waals surface area (Å²) in [4.78, 5) is 24.4. The smallest absolute Gasteiger partial charge is 0.258 e. The minimum atomic E-state index is -0.103. The number of fused-ring (bicyclic) bond motifs is 3. The van der Waals surface area contributed by atoms with Crippen LogP contribution < -0.4 is 21.2 Å². The average Bonchev–Trinajstić information content (AvgIpc) is 3.08.